The molecule has 2 aromatic heterocycles. The highest BCUT2D eigenvalue weighted by molar-refractivity contribution is 7.99. The molecule has 3 rings (SSSR count). The van der Waals surface area contributed by atoms with Gasteiger partial charge in [-0.25, -0.2) is 0 Å². The van der Waals surface area contributed by atoms with Gasteiger partial charge in [0.05, 0.1) is 5.75 Å². The van der Waals surface area contributed by atoms with Crippen LogP contribution in [0.1, 0.15) is 57.4 Å². The summed E-state index contributed by atoms with van der Waals surface area (Å²) < 4.78 is 2.13. The number of hydrogen-bond acceptors (Lipinski definition) is 5. The first-order chi connectivity index (χ1) is 12.1. The molecule has 2 heterocycles. The van der Waals surface area contributed by atoms with Gasteiger partial charge in [0.2, 0.25) is 5.91 Å². The van der Waals surface area contributed by atoms with Crippen LogP contribution in [0, 0.1) is 0 Å². The number of nitrogens with zero attached hydrogens (tertiary/aromatic N) is 3. The van der Waals surface area contributed by atoms with E-state index in [2.05, 4.69) is 52.3 Å². The Labute approximate surface area is 157 Å². The van der Waals surface area contributed by atoms with Gasteiger partial charge in [-0.3, -0.25) is 9.36 Å². The van der Waals surface area contributed by atoms with Gasteiger partial charge in [0.1, 0.15) is 0 Å². The number of carbonyl (C=O) groups excluding carboxylic acids is 1. The molecule has 1 amide bonds. The van der Waals surface area contributed by atoms with E-state index in [4.69, 9.17) is 0 Å². The largest absolute Gasteiger partial charge is 0.353 e. The number of aryl methyl sites for hydroxylation is 1. The van der Waals surface area contributed by atoms with Gasteiger partial charge >= 0.3 is 0 Å². The van der Waals surface area contributed by atoms with E-state index in [9.17, 15) is 4.79 Å². The Morgan fingerprint density at radius 1 is 1.40 bits per heavy atom. The summed E-state index contributed by atoms with van der Waals surface area (Å²) in [7, 11) is 0. The number of aromatic nitrogens is 3. The minimum absolute atomic E-state index is 0.0977. The molecule has 0 unspecified atom stereocenters. The topological polar surface area (TPSA) is 59.8 Å². The van der Waals surface area contributed by atoms with Crippen molar-refractivity contribution in [2.75, 3.05) is 5.75 Å². The van der Waals surface area contributed by atoms with Crippen molar-refractivity contribution in [2.24, 2.45) is 0 Å². The van der Waals surface area contributed by atoms with E-state index in [0.29, 0.717) is 11.8 Å². The van der Waals surface area contributed by atoms with Crippen molar-refractivity contribution in [1.29, 1.82) is 0 Å². The molecule has 2 aromatic rings. The van der Waals surface area contributed by atoms with Crippen LogP contribution in [0.15, 0.2) is 16.6 Å². The van der Waals surface area contributed by atoms with Crippen molar-refractivity contribution in [3.8, 4) is 11.4 Å². The van der Waals surface area contributed by atoms with Crippen molar-refractivity contribution in [3.05, 3.63) is 16.3 Å². The monoisotopic (exact) mass is 378 g/mol. The molecule has 1 fully saturated rings. The minimum Gasteiger partial charge on any atom is -0.353 e. The lowest BCUT2D eigenvalue weighted by molar-refractivity contribution is -0.119. The maximum atomic E-state index is 12.2. The molecule has 0 aliphatic heterocycles. The molecule has 0 bridgehead atoms. The summed E-state index contributed by atoms with van der Waals surface area (Å²) in [5.41, 5.74) is 1.12. The average molecular weight is 379 g/mol. The predicted molar refractivity (Wildman–Crippen MR) is 104 cm³/mol. The highest BCUT2D eigenvalue weighted by Crippen LogP contribution is 2.30. The third-order valence-electron chi connectivity index (χ3n) is 4.49. The lowest BCUT2D eigenvalue weighted by atomic mass is 10.2. The van der Waals surface area contributed by atoms with Gasteiger partial charge in [-0.05, 0) is 39.2 Å². The minimum atomic E-state index is 0.0977. The van der Waals surface area contributed by atoms with Crippen LogP contribution in [0.5, 0.6) is 0 Å². The molecule has 25 heavy (non-hydrogen) atoms. The standard InChI is InChI=1S/C18H26N4OS2/c1-4-15-9-13(10-24-15)17-20-21-18(22(17)12(2)3)25-11-16(23)19-14-7-5-6-8-14/h9-10,12,14H,4-8,11H2,1-3H3,(H,19,23). The quantitative estimate of drug-likeness (QED) is 0.730. The van der Waals surface area contributed by atoms with Crippen LogP contribution < -0.4 is 5.32 Å². The zero-order valence-corrected chi connectivity index (χ0v) is 16.8. The lowest BCUT2D eigenvalue weighted by Crippen LogP contribution is -2.33. The Morgan fingerprint density at radius 2 is 2.16 bits per heavy atom. The SMILES string of the molecule is CCc1cc(-c2nnc(SCC(=O)NC3CCCC3)n2C(C)C)cs1. The van der Waals surface area contributed by atoms with E-state index in [-0.39, 0.29) is 11.9 Å². The summed E-state index contributed by atoms with van der Waals surface area (Å²) in [6, 6.07) is 2.80. The molecule has 0 saturated heterocycles. The highest BCUT2D eigenvalue weighted by Gasteiger charge is 2.20. The average Bonchev–Trinajstić information content (AvgIpc) is 3.32. The Hall–Kier alpha value is -1.34. The molecular weight excluding hydrogens is 352 g/mol. The van der Waals surface area contributed by atoms with Crippen molar-refractivity contribution in [2.45, 2.75) is 70.1 Å². The fraction of sp³-hybridized carbons (Fsp3) is 0.611. The molecule has 0 atom stereocenters. The second kappa shape index (κ2) is 8.36. The maximum Gasteiger partial charge on any atom is 0.230 e. The maximum absolute atomic E-state index is 12.2. The number of thioether (sulfide) groups is 1. The fourth-order valence-electron chi connectivity index (χ4n) is 3.19. The summed E-state index contributed by atoms with van der Waals surface area (Å²) in [5.74, 6) is 1.38. The zero-order valence-electron chi connectivity index (χ0n) is 15.1. The number of rotatable bonds is 7. The molecule has 1 aliphatic rings. The van der Waals surface area contributed by atoms with E-state index in [0.717, 1.165) is 35.8 Å². The van der Waals surface area contributed by atoms with Gasteiger partial charge in [0.25, 0.3) is 0 Å². The van der Waals surface area contributed by atoms with E-state index >= 15 is 0 Å². The second-order valence-corrected chi connectivity index (χ2v) is 8.70. The molecule has 1 saturated carbocycles. The van der Waals surface area contributed by atoms with Gasteiger partial charge in [-0.1, -0.05) is 31.5 Å². The van der Waals surface area contributed by atoms with Gasteiger partial charge < -0.3 is 5.32 Å². The van der Waals surface area contributed by atoms with E-state index in [1.165, 1.54) is 29.5 Å². The van der Waals surface area contributed by atoms with Gasteiger partial charge in [0, 0.05) is 27.9 Å². The smallest absolute Gasteiger partial charge is 0.230 e. The van der Waals surface area contributed by atoms with Gasteiger partial charge in [0.15, 0.2) is 11.0 Å². The van der Waals surface area contributed by atoms with Crippen molar-refractivity contribution in [3.63, 3.8) is 0 Å². The highest BCUT2D eigenvalue weighted by atomic mass is 32.2. The number of nitrogens with one attached hydrogen (secondary N) is 1. The van der Waals surface area contributed by atoms with Crippen molar-refractivity contribution in [1.82, 2.24) is 20.1 Å². The first-order valence-electron chi connectivity index (χ1n) is 9.03. The zero-order chi connectivity index (χ0) is 17.8. The molecule has 1 N–H and O–H groups in total. The molecule has 5 nitrogen and oxygen atoms in total. The number of hydrogen-bond donors (Lipinski definition) is 1. The van der Waals surface area contributed by atoms with E-state index in [1.807, 2.05) is 0 Å². The third kappa shape index (κ3) is 4.44. The van der Waals surface area contributed by atoms with Crippen LogP contribution in [0.3, 0.4) is 0 Å². The molecule has 7 heteroatoms. The van der Waals surface area contributed by atoms with Crippen molar-refractivity contribution >= 4 is 29.0 Å². The first-order valence-corrected chi connectivity index (χ1v) is 10.9. The summed E-state index contributed by atoms with van der Waals surface area (Å²) in [5, 5.41) is 14.8. The van der Waals surface area contributed by atoms with Crippen LogP contribution in [0.2, 0.25) is 0 Å². The Kier molecular flexibility index (Phi) is 6.17. The molecule has 1 aliphatic carbocycles. The lowest BCUT2D eigenvalue weighted by Gasteiger charge is -2.14. The Balaban J connectivity index is 1.69. The van der Waals surface area contributed by atoms with Gasteiger partial charge in [-0.15, -0.1) is 21.5 Å². The van der Waals surface area contributed by atoms with E-state index < -0.39 is 0 Å². The molecular formula is C18H26N4OS2. The molecule has 0 radical (unpaired) electrons. The van der Waals surface area contributed by atoms with E-state index in [1.54, 1.807) is 11.3 Å². The van der Waals surface area contributed by atoms with Crippen LogP contribution >= 0.6 is 23.1 Å². The molecule has 0 spiro atoms. The Morgan fingerprint density at radius 3 is 2.80 bits per heavy atom. The number of thiophene rings is 1. The van der Waals surface area contributed by atoms with Gasteiger partial charge in [-0.2, -0.15) is 0 Å². The fourth-order valence-corrected chi connectivity index (χ4v) is 4.88. The number of amides is 1. The summed E-state index contributed by atoms with van der Waals surface area (Å²) in [6.45, 7) is 6.41. The molecule has 0 aromatic carbocycles. The van der Waals surface area contributed by atoms with Crippen molar-refractivity contribution < 1.29 is 4.79 Å². The molecule has 136 valence electrons. The normalized spacial score (nSPS) is 15.2. The van der Waals surface area contributed by atoms with Crippen LogP contribution in [-0.2, 0) is 11.2 Å². The number of carbonyl (C=O) groups is 1. The Bertz CT molecular complexity index is 716. The predicted octanol–water partition coefficient (Wildman–Crippen LogP) is 4.30. The first kappa shape index (κ1) is 18.5. The third-order valence-corrected chi connectivity index (χ3v) is 6.52. The summed E-state index contributed by atoms with van der Waals surface area (Å²) in [4.78, 5) is 13.5. The van der Waals surface area contributed by atoms with Crippen LogP contribution in [0.4, 0.5) is 0 Å². The summed E-state index contributed by atoms with van der Waals surface area (Å²) >= 11 is 3.23. The summed E-state index contributed by atoms with van der Waals surface area (Å²) in [6.07, 6.45) is 5.71. The van der Waals surface area contributed by atoms with Crippen LogP contribution in [0.25, 0.3) is 11.4 Å². The van der Waals surface area contributed by atoms with Crippen LogP contribution in [-0.4, -0.2) is 32.5 Å². The second-order valence-electron chi connectivity index (χ2n) is 6.76.